The molecule has 5 nitrogen and oxygen atoms in total. The van der Waals surface area contributed by atoms with Crippen molar-refractivity contribution < 1.29 is 9.18 Å². The van der Waals surface area contributed by atoms with Crippen LogP contribution in [-0.2, 0) is 0 Å². The van der Waals surface area contributed by atoms with E-state index in [1.807, 2.05) is 37.2 Å². The first-order valence-electron chi connectivity index (χ1n) is 9.35. The number of hydrogen-bond acceptors (Lipinski definition) is 3. The van der Waals surface area contributed by atoms with Gasteiger partial charge in [-0.3, -0.25) is 0 Å². The lowest BCUT2D eigenvalue weighted by molar-refractivity contribution is 0.243. The molecule has 0 bridgehead atoms. The van der Waals surface area contributed by atoms with Crippen molar-refractivity contribution in [2.45, 2.75) is 18.9 Å². The van der Waals surface area contributed by atoms with Crippen molar-refractivity contribution in [1.29, 1.82) is 0 Å². The van der Waals surface area contributed by atoms with Crippen LogP contribution < -0.4 is 15.5 Å². The van der Waals surface area contributed by atoms with Gasteiger partial charge in [-0.15, -0.1) is 0 Å². The van der Waals surface area contributed by atoms with Crippen LogP contribution in [0.4, 0.5) is 20.6 Å². The fourth-order valence-electron chi connectivity index (χ4n) is 3.40. The minimum atomic E-state index is -0.264. The molecular weight excluding hydrogens is 343 g/mol. The van der Waals surface area contributed by atoms with E-state index in [2.05, 4.69) is 21.6 Å². The highest BCUT2D eigenvalue weighted by atomic mass is 19.1. The van der Waals surface area contributed by atoms with Gasteiger partial charge in [0.05, 0.1) is 6.04 Å². The second kappa shape index (κ2) is 8.86. The summed E-state index contributed by atoms with van der Waals surface area (Å²) in [6.45, 7) is 2.56. The topological polar surface area (TPSA) is 47.6 Å². The van der Waals surface area contributed by atoms with Crippen LogP contribution in [0.2, 0.25) is 0 Å². The molecule has 27 heavy (non-hydrogen) atoms. The molecule has 0 spiro atoms. The third kappa shape index (κ3) is 5.20. The van der Waals surface area contributed by atoms with Crippen LogP contribution in [-0.4, -0.2) is 44.7 Å². The van der Waals surface area contributed by atoms with E-state index in [9.17, 15) is 9.18 Å². The molecule has 3 rings (SSSR count). The third-order valence-electron chi connectivity index (χ3n) is 4.91. The molecule has 2 aromatic carbocycles. The number of amides is 2. The van der Waals surface area contributed by atoms with Gasteiger partial charge in [-0.2, -0.15) is 0 Å². The lowest BCUT2D eigenvalue weighted by Gasteiger charge is -2.25. The number of likely N-dealkylation sites (N-methyl/N-ethyl adjacent to an activating group) is 1. The fraction of sp³-hybridized carbons (Fsp3) is 0.381. The Balaban J connectivity index is 1.58. The molecule has 1 aliphatic heterocycles. The molecule has 0 radical (unpaired) electrons. The van der Waals surface area contributed by atoms with E-state index in [1.165, 1.54) is 25.0 Å². The number of urea groups is 1. The molecule has 0 saturated carbocycles. The number of nitrogens with one attached hydrogen (secondary N) is 2. The summed E-state index contributed by atoms with van der Waals surface area (Å²) >= 11 is 0. The van der Waals surface area contributed by atoms with Crippen LogP contribution in [0.5, 0.6) is 0 Å². The van der Waals surface area contributed by atoms with Crippen molar-refractivity contribution in [3.63, 3.8) is 0 Å². The van der Waals surface area contributed by atoms with E-state index in [1.54, 1.807) is 12.1 Å². The summed E-state index contributed by atoms with van der Waals surface area (Å²) in [4.78, 5) is 16.7. The van der Waals surface area contributed by atoms with Crippen LogP contribution in [0.3, 0.4) is 0 Å². The summed E-state index contributed by atoms with van der Waals surface area (Å²) in [6.07, 6.45) is 2.43. The van der Waals surface area contributed by atoms with E-state index in [-0.39, 0.29) is 17.9 Å². The quantitative estimate of drug-likeness (QED) is 0.812. The zero-order valence-electron chi connectivity index (χ0n) is 15.9. The smallest absolute Gasteiger partial charge is 0.319 e. The Morgan fingerprint density at radius 3 is 2.52 bits per heavy atom. The van der Waals surface area contributed by atoms with Crippen LogP contribution >= 0.6 is 0 Å². The first-order valence-corrected chi connectivity index (χ1v) is 9.35. The molecule has 2 amide bonds. The Labute approximate surface area is 160 Å². The van der Waals surface area contributed by atoms with Crippen molar-refractivity contribution in [1.82, 2.24) is 10.2 Å². The molecule has 1 aliphatic rings. The largest absolute Gasteiger partial charge is 0.371 e. The van der Waals surface area contributed by atoms with Crippen LogP contribution in [0.25, 0.3) is 0 Å². The second-order valence-electron chi connectivity index (χ2n) is 7.11. The third-order valence-corrected chi connectivity index (χ3v) is 4.91. The summed E-state index contributed by atoms with van der Waals surface area (Å²) in [5.41, 5.74) is 2.88. The maximum Gasteiger partial charge on any atom is 0.319 e. The number of hydrogen-bond donors (Lipinski definition) is 2. The van der Waals surface area contributed by atoms with Gasteiger partial charge in [0.2, 0.25) is 0 Å². The number of benzene rings is 2. The standard InChI is InChI=1S/C21H27FN4O/c1-25(2)20(16-8-10-17(22)11-9-16)15-23-21(27)24-18-6-5-7-19(14-18)26-12-3-4-13-26/h5-11,14,20H,3-4,12-13,15H2,1-2H3,(H2,23,24,27). The number of anilines is 2. The molecule has 1 heterocycles. The monoisotopic (exact) mass is 370 g/mol. The van der Waals surface area contributed by atoms with Gasteiger partial charge in [-0.1, -0.05) is 18.2 Å². The average Bonchev–Trinajstić information content (AvgIpc) is 3.18. The number of halogens is 1. The van der Waals surface area contributed by atoms with Crippen LogP contribution in [0, 0.1) is 5.82 Å². The number of rotatable bonds is 6. The highest BCUT2D eigenvalue weighted by molar-refractivity contribution is 5.89. The summed E-state index contributed by atoms with van der Waals surface area (Å²) < 4.78 is 13.2. The molecule has 1 unspecified atom stereocenters. The van der Waals surface area contributed by atoms with Gasteiger partial charge in [0.25, 0.3) is 0 Å². The Kier molecular flexibility index (Phi) is 6.29. The average molecular weight is 370 g/mol. The molecule has 1 atom stereocenters. The Bertz CT molecular complexity index is 757. The molecule has 2 aromatic rings. The maximum atomic E-state index is 13.2. The zero-order chi connectivity index (χ0) is 19.2. The molecule has 1 saturated heterocycles. The normalized spacial score (nSPS) is 15.0. The van der Waals surface area contributed by atoms with Gasteiger partial charge >= 0.3 is 6.03 Å². The first-order chi connectivity index (χ1) is 13.0. The van der Waals surface area contributed by atoms with Crippen molar-refractivity contribution in [3.05, 3.63) is 59.9 Å². The molecule has 6 heteroatoms. The lowest BCUT2D eigenvalue weighted by Crippen LogP contribution is -2.36. The highest BCUT2D eigenvalue weighted by Gasteiger charge is 2.16. The molecule has 0 aliphatic carbocycles. The molecular formula is C21H27FN4O. The summed E-state index contributed by atoms with van der Waals surface area (Å²) in [7, 11) is 3.88. The minimum Gasteiger partial charge on any atom is -0.371 e. The molecule has 1 fully saturated rings. The fourth-order valence-corrected chi connectivity index (χ4v) is 3.40. The Morgan fingerprint density at radius 1 is 1.15 bits per heavy atom. The molecule has 144 valence electrons. The molecule has 0 aromatic heterocycles. The van der Waals surface area contributed by atoms with Crippen molar-refractivity contribution >= 4 is 17.4 Å². The minimum absolute atomic E-state index is 0.0349. The van der Waals surface area contributed by atoms with Crippen LogP contribution in [0.15, 0.2) is 48.5 Å². The maximum absolute atomic E-state index is 13.2. The Hall–Kier alpha value is -2.60. The number of carbonyl (C=O) groups is 1. The van der Waals surface area contributed by atoms with Gasteiger partial charge in [0.1, 0.15) is 5.82 Å². The van der Waals surface area contributed by atoms with E-state index in [4.69, 9.17) is 0 Å². The van der Waals surface area contributed by atoms with Gasteiger partial charge < -0.3 is 20.4 Å². The highest BCUT2D eigenvalue weighted by Crippen LogP contribution is 2.23. The van der Waals surface area contributed by atoms with Crippen LogP contribution in [0.1, 0.15) is 24.4 Å². The van der Waals surface area contributed by atoms with Crippen molar-refractivity contribution in [2.24, 2.45) is 0 Å². The van der Waals surface area contributed by atoms with Gasteiger partial charge in [0.15, 0.2) is 0 Å². The lowest BCUT2D eigenvalue weighted by atomic mass is 10.1. The van der Waals surface area contributed by atoms with Crippen molar-refractivity contribution in [3.8, 4) is 0 Å². The predicted molar refractivity (Wildman–Crippen MR) is 108 cm³/mol. The van der Waals surface area contributed by atoms with E-state index in [0.29, 0.717) is 6.54 Å². The molecule has 2 N–H and O–H groups in total. The van der Waals surface area contributed by atoms with E-state index < -0.39 is 0 Å². The van der Waals surface area contributed by atoms with Gasteiger partial charge in [-0.05, 0) is 62.8 Å². The summed E-state index contributed by atoms with van der Waals surface area (Å²) in [5, 5.41) is 5.82. The Morgan fingerprint density at radius 2 is 1.85 bits per heavy atom. The summed E-state index contributed by atoms with van der Waals surface area (Å²) in [6, 6.07) is 14.0. The second-order valence-corrected chi connectivity index (χ2v) is 7.11. The zero-order valence-corrected chi connectivity index (χ0v) is 15.9. The number of carbonyl (C=O) groups excluding carboxylic acids is 1. The SMILES string of the molecule is CN(C)C(CNC(=O)Nc1cccc(N2CCCC2)c1)c1ccc(F)cc1. The summed E-state index contributed by atoms with van der Waals surface area (Å²) in [5.74, 6) is -0.264. The van der Waals surface area contributed by atoms with Gasteiger partial charge in [-0.25, -0.2) is 9.18 Å². The van der Waals surface area contributed by atoms with E-state index in [0.717, 1.165) is 30.0 Å². The first kappa shape index (κ1) is 19.2. The van der Waals surface area contributed by atoms with Gasteiger partial charge in [0, 0.05) is 31.0 Å². The van der Waals surface area contributed by atoms with Crippen molar-refractivity contribution in [2.75, 3.05) is 43.9 Å². The number of nitrogens with zero attached hydrogens (tertiary/aromatic N) is 2. The predicted octanol–water partition coefficient (Wildman–Crippen LogP) is 3.85. The van der Waals surface area contributed by atoms with E-state index >= 15 is 0 Å².